The summed E-state index contributed by atoms with van der Waals surface area (Å²) in [5.41, 5.74) is 5.17. The summed E-state index contributed by atoms with van der Waals surface area (Å²) in [5.74, 6) is 0.522. The fraction of sp³-hybridized carbons (Fsp3) is 0.286. The Hall–Kier alpha value is -3.03. The highest BCUT2D eigenvalue weighted by molar-refractivity contribution is 5.93. The van der Waals surface area contributed by atoms with Crippen LogP contribution >= 0.6 is 0 Å². The Morgan fingerprint density at radius 1 is 1.25 bits per heavy atom. The molecule has 1 atom stereocenters. The van der Waals surface area contributed by atoms with E-state index in [-0.39, 0.29) is 12.6 Å². The van der Waals surface area contributed by atoms with Gasteiger partial charge in [0.05, 0.1) is 17.4 Å². The van der Waals surface area contributed by atoms with Crippen molar-refractivity contribution in [3.8, 4) is 5.82 Å². The normalized spacial score (nSPS) is 14.0. The van der Waals surface area contributed by atoms with Gasteiger partial charge in [-0.3, -0.25) is 4.57 Å². The fourth-order valence-corrected chi connectivity index (χ4v) is 3.41. The summed E-state index contributed by atoms with van der Waals surface area (Å²) in [7, 11) is 0. The van der Waals surface area contributed by atoms with Crippen molar-refractivity contribution in [1.82, 2.24) is 19.9 Å². The molecule has 0 saturated carbocycles. The molecule has 2 N–H and O–H groups in total. The van der Waals surface area contributed by atoms with Crippen LogP contribution in [0, 0.1) is 13.8 Å². The SMILES string of the molecule is Cc1cn(-c2ccc(CNCC(O)c3ccc4c(c3C)COC4=O)cn2)cn1. The van der Waals surface area contributed by atoms with Gasteiger partial charge in [-0.05, 0) is 42.7 Å². The summed E-state index contributed by atoms with van der Waals surface area (Å²) >= 11 is 0. The number of pyridine rings is 1. The van der Waals surface area contributed by atoms with Crippen LogP contribution in [0.5, 0.6) is 0 Å². The quantitative estimate of drug-likeness (QED) is 0.640. The van der Waals surface area contributed by atoms with Crippen LogP contribution in [0.2, 0.25) is 0 Å². The molecular formula is C21H22N4O3. The number of nitrogens with one attached hydrogen (secondary N) is 1. The lowest BCUT2D eigenvalue weighted by atomic mass is 9.95. The molecule has 7 heteroatoms. The topological polar surface area (TPSA) is 89.3 Å². The number of aromatic nitrogens is 3. The number of rotatable bonds is 6. The molecule has 1 unspecified atom stereocenters. The number of benzene rings is 1. The van der Waals surface area contributed by atoms with Crippen LogP contribution in [0.25, 0.3) is 5.82 Å². The molecule has 4 rings (SSSR count). The van der Waals surface area contributed by atoms with E-state index in [1.807, 2.05) is 42.9 Å². The highest BCUT2D eigenvalue weighted by atomic mass is 16.5. The van der Waals surface area contributed by atoms with Crippen LogP contribution in [-0.4, -0.2) is 32.2 Å². The Balaban J connectivity index is 1.36. The highest BCUT2D eigenvalue weighted by Gasteiger charge is 2.25. The molecule has 3 heterocycles. The second-order valence-electron chi connectivity index (χ2n) is 6.98. The number of aliphatic hydroxyl groups excluding tert-OH is 1. The number of ether oxygens (including phenoxy) is 1. The van der Waals surface area contributed by atoms with Crippen LogP contribution in [0.15, 0.2) is 43.0 Å². The van der Waals surface area contributed by atoms with Gasteiger partial charge in [-0.25, -0.2) is 14.8 Å². The number of imidazole rings is 1. The molecule has 0 amide bonds. The minimum atomic E-state index is -0.665. The van der Waals surface area contributed by atoms with Crippen molar-refractivity contribution in [2.45, 2.75) is 33.1 Å². The lowest BCUT2D eigenvalue weighted by molar-refractivity contribution is 0.0535. The first-order valence-electron chi connectivity index (χ1n) is 9.17. The van der Waals surface area contributed by atoms with Crippen molar-refractivity contribution >= 4 is 5.97 Å². The van der Waals surface area contributed by atoms with E-state index in [0.29, 0.717) is 18.7 Å². The van der Waals surface area contributed by atoms with E-state index >= 15 is 0 Å². The number of cyclic esters (lactones) is 1. The largest absolute Gasteiger partial charge is 0.457 e. The zero-order valence-corrected chi connectivity index (χ0v) is 15.8. The van der Waals surface area contributed by atoms with Gasteiger partial charge in [0.25, 0.3) is 0 Å². The average molecular weight is 378 g/mol. The molecular weight excluding hydrogens is 356 g/mol. The van der Waals surface area contributed by atoms with Gasteiger partial charge in [-0.15, -0.1) is 0 Å². The van der Waals surface area contributed by atoms with Crippen LogP contribution in [-0.2, 0) is 17.9 Å². The number of nitrogens with zero attached hydrogens (tertiary/aromatic N) is 3. The number of aryl methyl sites for hydroxylation is 1. The van der Waals surface area contributed by atoms with Crippen molar-refractivity contribution in [2.24, 2.45) is 0 Å². The lowest BCUT2D eigenvalue weighted by Gasteiger charge is -2.16. The molecule has 3 aromatic rings. The third kappa shape index (κ3) is 3.54. The molecule has 0 fully saturated rings. The first-order valence-corrected chi connectivity index (χ1v) is 9.17. The van der Waals surface area contributed by atoms with Gasteiger partial charge in [0.2, 0.25) is 0 Å². The molecule has 0 spiro atoms. The number of hydrogen-bond acceptors (Lipinski definition) is 6. The average Bonchev–Trinajstić information content (AvgIpc) is 3.29. The Bertz CT molecular complexity index is 1010. The van der Waals surface area contributed by atoms with Crippen molar-refractivity contribution < 1.29 is 14.6 Å². The maximum absolute atomic E-state index is 11.6. The molecule has 0 bridgehead atoms. The summed E-state index contributed by atoms with van der Waals surface area (Å²) < 4.78 is 6.95. The predicted octanol–water partition coefficient (Wildman–Crippen LogP) is 2.38. The first kappa shape index (κ1) is 18.3. The van der Waals surface area contributed by atoms with E-state index in [0.717, 1.165) is 33.8 Å². The van der Waals surface area contributed by atoms with E-state index in [2.05, 4.69) is 15.3 Å². The number of carbonyl (C=O) groups excluding carboxylic acids is 1. The van der Waals surface area contributed by atoms with Gasteiger partial charge < -0.3 is 15.2 Å². The molecule has 0 saturated heterocycles. The van der Waals surface area contributed by atoms with Gasteiger partial charge in [0.1, 0.15) is 18.8 Å². The van der Waals surface area contributed by atoms with Crippen LogP contribution in [0.4, 0.5) is 0 Å². The molecule has 1 aromatic carbocycles. The number of hydrogen-bond donors (Lipinski definition) is 2. The van der Waals surface area contributed by atoms with E-state index in [4.69, 9.17) is 4.74 Å². The minimum absolute atomic E-state index is 0.280. The first-order chi connectivity index (χ1) is 13.5. The molecule has 1 aliphatic heterocycles. The Morgan fingerprint density at radius 3 is 2.82 bits per heavy atom. The molecule has 0 radical (unpaired) electrons. The van der Waals surface area contributed by atoms with Crippen molar-refractivity contribution in [1.29, 1.82) is 0 Å². The van der Waals surface area contributed by atoms with E-state index in [1.165, 1.54) is 0 Å². The minimum Gasteiger partial charge on any atom is -0.457 e. The van der Waals surface area contributed by atoms with Gasteiger partial charge in [-0.2, -0.15) is 0 Å². The fourth-order valence-electron chi connectivity index (χ4n) is 3.41. The number of aliphatic hydroxyl groups is 1. The molecule has 7 nitrogen and oxygen atoms in total. The third-order valence-corrected chi connectivity index (χ3v) is 5.02. The van der Waals surface area contributed by atoms with E-state index in [9.17, 15) is 9.90 Å². The van der Waals surface area contributed by atoms with Crippen LogP contribution in [0.1, 0.15) is 44.4 Å². The zero-order valence-electron chi connectivity index (χ0n) is 15.8. The van der Waals surface area contributed by atoms with E-state index < -0.39 is 6.10 Å². The van der Waals surface area contributed by atoms with Crippen molar-refractivity contribution in [2.75, 3.05) is 6.54 Å². The second-order valence-corrected chi connectivity index (χ2v) is 6.98. The van der Waals surface area contributed by atoms with E-state index in [1.54, 1.807) is 18.5 Å². The predicted molar refractivity (Wildman–Crippen MR) is 103 cm³/mol. The monoisotopic (exact) mass is 378 g/mol. The van der Waals surface area contributed by atoms with Crippen molar-refractivity contribution in [3.63, 3.8) is 0 Å². The van der Waals surface area contributed by atoms with Gasteiger partial charge >= 0.3 is 5.97 Å². The Labute approximate surface area is 163 Å². The highest BCUT2D eigenvalue weighted by Crippen LogP contribution is 2.28. The summed E-state index contributed by atoms with van der Waals surface area (Å²) in [4.78, 5) is 20.3. The Kier molecular flexibility index (Phi) is 4.93. The summed E-state index contributed by atoms with van der Waals surface area (Å²) in [6.45, 7) is 5.13. The molecule has 2 aromatic heterocycles. The maximum Gasteiger partial charge on any atom is 0.338 e. The molecule has 144 valence electrons. The standard InChI is InChI=1S/C21H22N4O3/c1-13-10-25(12-24-13)20-6-3-15(8-23-20)7-22-9-19(26)16-4-5-17-18(14(16)2)11-28-21(17)27/h3-6,8,10,12,19,22,26H,7,9,11H2,1-2H3. The second kappa shape index (κ2) is 7.53. The zero-order chi connectivity index (χ0) is 19.7. The van der Waals surface area contributed by atoms with Crippen LogP contribution < -0.4 is 5.32 Å². The molecule has 1 aliphatic rings. The Morgan fingerprint density at radius 2 is 2.11 bits per heavy atom. The number of carbonyl (C=O) groups is 1. The van der Waals surface area contributed by atoms with Crippen LogP contribution in [0.3, 0.4) is 0 Å². The van der Waals surface area contributed by atoms with Gasteiger partial charge in [0.15, 0.2) is 0 Å². The van der Waals surface area contributed by atoms with Gasteiger partial charge in [-0.1, -0.05) is 12.1 Å². The third-order valence-electron chi connectivity index (χ3n) is 5.02. The van der Waals surface area contributed by atoms with Gasteiger partial charge in [0, 0.05) is 31.0 Å². The number of fused-ring (bicyclic) bond motifs is 1. The summed E-state index contributed by atoms with van der Waals surface area (Å²) in [6, 6.07) is 7.48. The number of esters is 1. The maximum atomic E-state index is 11.6. The lowest BCUT2D eigenvalue weighted by Crippen LogP contribution is -2.22. The summed E-state index contributed by atoms with van der Waals surface area (Å²) in [5, 5.41) is 13.8. The summed E-state index contributed by atoms with van der Waals surface area (Å²) in [6.07, 6.45) is 4.81. The molecule has 0 aliphatic carbocycles. The van der Waals surface area contributed by atoms with Crippen molar-refractivity contribution in [3.05, 3.63) is 76.5 Å². The molecule has 28 heavy (non-hydrogen) atoms. The smallest absolute Gasteiger partial charge is 0.338 e.